The first-order valence-corrected chi connectivity index (χ1v) is 8.92. The van der Waals surface area contributed by atoms with Crippen LogP contribution in [0.1, 0.15) is 32.9 Å². The zero-order valence-electron chi connectivity index (χ0n) is 15.7. The molecule has 0 atom stereocenters. The molecular weight excluding hydrogens is 354 g/mol. The van der Waals surface area contributed by atoms with Crippen molar-refractivity contribution in [3.8, 4) is 0 Å². The highest BCUT2D eigenvalue weighted by atomic mass is 16.5. The number of fused-ring (bicyclic) bond motifs is 1. The van der Waals surface area contributed by atoms with Crippen LogP contribution in [0.3, 0.4) is 0 Å². The van der Waals surface area contributed by atoms with Gasteiger partial charge in [0.25, 0.3) is 11.6 Å². The van der Waals surface area contributed by atoms with E-state index in [1.54, 1.807) is 35.8 Å². The lowest BCUT2D eigenvalue weighted by Gasteiger charge is -2.23. The molecule has 4 heterocycles. The zero-order valence-corrected chi connectivity index (χ0v) is 15.7. The molecule has 4 aromatic heterocycles. The van der Waals surface area contributed by atoms with E-state index in [2.05, 4.69) is 20.1 Å². The molecule has 0 unspecified atom stereocenters. The minimum atomic E-state index is -0.109. The molecule has 1 amide bonds. The first-order valence-electron chi connectivity index (χ1n) is 8.92. The van der Waals surface area contributed by atoms with Crippen LogP contribution in [0.25, 0.3) is 11.1 Å². The van der Waals surface area contributed by atoms with E-state index in [1.807, 2.05) is 38.1 Å². The van der Waals surface area contributed by atoms with Gasteiger partial charge in [0.15, 0.2) is 0 Å². The number of rotatable bonds is 5. The Labute approximate surface area is 162 Å². The molecule has 0 aliphatic heterocycles. The summed E-state index contributed by atoms with van der Waals surface area (Å²) in [5.74, 6) is -0.109. The summed E-state index contributed by atoms with van der Waals surface area (Å²) >= 11 is 0. The van der Waals surface area contributed by atoms with E-state index in [0.717, 1.165) is 11.1 Å². The summed E-state index contributed by atoms with van der Waals surface area (Å²) in [4.78, 5) is 27.9. The fraction of sp³-hybridized carbons (Fsp3) is 0.190. The van der Waals surface area contributed by atoms with Gasteiger partial charge in [0, 0.05) is 43.6 Å². The van der Waals surface area contributed by atoms with Crippen LogP contribution in [-0.4, -0.2) is 30.9 Å². The summed E-state index contributed by atoms with van der Waals surface area (Å²) in [6, 6.07) is 9.42. The molecule has 0 N–H and O–H groups in total. The largest absolute Gasteiger partial charge is 0.336 e. The van der Waals surface area contributed by atoms with E-state index in [-0.39, 0.29) is 5.91 Å². The maximum Gasteiger partial charge on any atom is 0.258 e. The normalized spacial score (nSPS) is 10.9. The standard InChI is InChI=1S/C21H19N5O2/c1-14-10-18(19-15(2)25-28-20(19)24-14)21(27)26(12-16-5-8-22-9-6-16)13-17-4-3-7-23-11-17/h3-11H,12-13H2,1-2H3. The van der Waals surface area contributed by atoms with Gasteiger partial charge in [-0.15, -0.1) is 0 Å². The van der Waals surface area contributed by atoms with Gasteiger partial charge >= 0.3 is 0 Å². The predicted octanol–water partition coefficient (Wildman–Crippen LogP) is 3.47. The van der Waals surface area contributed by atoms with E-state index >= 15 is 0 Å². The molecule has 7 nitrogen and oxygen atoms in total. The number of nitrogens with zero attached hydrogens (tertiary/aromatic N) is 5. The highest BCUT2D eigenvalue weighted by Crippen LogP contribution is 2.24. The molecule has 0 fully saturated rings. The third-order valence-electron chi connectivity index (χ3n) is 4.48. The maximum absolute atomic E-state index is 13.6. The summed E-state index contributed by atoms with van der Waals surface area (Å²) in [5, 5.41) is 4.63. The third-order valence-corrected chi connectivity index (χ3v) is 4.48. The van der Waals surface area contributed by atoms with Gasteiger partial charge in [0.2, 0.25) is 0 Å². The smallest absolute Gasteiger partial charge is 0.258 e. The molecule has 7 heteroatoms. The second-order valence-electron chi connectivity index (χ2n) is 6.64. The Morgan fingerprint density at radius 3 is 2.57 bits per heavy atom. The Hall–Kier alpha value is -3.61. The molecule has 140 valence electrons. The van der Waals surface area contributed by atoms with Gasteiger partial charge in [-0.05, 0) is 49.2 Å². The number of hydrogen-bond donors (Lipinski definition) is 0. The number of carbonyl (C=O) groups excluding carboxylic acids is 1. The van der Waals surface area contributed by atoms with Crippen LogP contribution in [0, 0.1) is 13.8 Å². The number of aromatic nitrogens is 4. The minimum absolute atomic E-state index is 0.109. The van der Waals surface area contributed by atoms with Crippen LogP contribution >= 0.6 is 0 Å². The van der Waals surface area contributed by atoms with Crippen LogP contribution in [0.15, 0.2) is 59.6 Å². The second-order valence-corrected chi connectivity index (χ2v) is 6.64. The molecule has 0 aromatic carbocycles. The van der Waals surface area contributed by atoms with Gasteiger partial charge in [0.1, 0.15) is 0 Å². The molecule has 0 saturated heterocycles. The Morgan fingerprint density at radius 1 is 1.04 bits per heavy atom. The quantitative estimate of drug-likeness (QED) is 0.532. The lowest BCUT2D eigenvalue weighted by atomic mass is 10.1. The van der Waals surface area contributed by atoms with E-state index < -0.39 is 0 Å². The van der Waals surface area contributed by atoms with Crippen molar-refractivity contribution in [2.45, 2.75) is 26.9 Å². The predicted molar refractivity (Wildman–Crippen MR) is 103 cm³/mol. The number of pyridine rings is 3. The van der Waals surface area contributed by atoms with Crippen LogP contribution in [-0.2, 0) is 13.1 Å². The van der Waals surface area contributed by atoms with Crippen LogP contribution in [0.2, 0.25) is 0 Å². The van der Waals surface area contributed by atoms with E-state index in [9.17, 15) is 4.79 Å². The third kappa shape index (κ3) is 3.59. The molecule has 0 radical (unpaired) electrons. The Kier molecular flexibility index (Phi) is 4.80. The van der Waals surface area contributed by atoms with Crippen LogP contribution < -0.4 is 0 Å². The minimum Gasteiger partial charge on any atom is -0.336 e. The number of aryl methyl sites for hydroxylation is 2. The van der Waals surface area contributed by atoms with Gasteiger partial charge < -0.3 is 9.42 Å². The monoisotopic (exact) mass is 373 g/mol. The molecule has 0 aliphatic rings. The Morgan fingerprint density at radius 2 is 1.82 bits per heavy atom. The highest BCUT2D eigenvalue weighted by Gasteiger charge is 2.23. The van der Waals surface area contributed by atoms with Crippen molar-refractivity contribution in [1.82, 2.24) is 25.0 Å². The van der Waals surface area contributed by atoms with E-state index in [1.165, 1.54) is 0 Å². The molecule has 28 heavy (non-hydrogen) atoms. The van der Waals surface area contributed by atoms with Crippen LogP contribution in [0.4, 0.5) is 0 Å². The van der Waals surface area contributed by atoms with Crippen molar-refractivity contribution in [2.24, 2.45) is 0 Å². The van der Waals surface area contributed by atoms with E-state index in [0.29, 0.717) is 41.1 Å². The maximum atomic E-state index is 13.6. The van der Waals surface area contributed by atoms with Gasteiger partial charge in [-0.1, -0.05) is 11.2 Å². The van der Waals surface area contributed by atoms with Crippen molar-refractivity contribution in [1.29, 1.82) is 0 Å². The van der Waals surface area contributed by atoms with Gasteiger partial charge in [-0.2, -0.15) is 0 Å². The van der Waals surface area contributed by atoms with Crippen molar-refractivity contribution in [3.05, 3.63) is 83.2 Å². The zero-order chi connectivity index (χ0) is 19.5. The van der Waals surface area contributed by atoms with E-state index in [4.69, 9.17) is 4.52 Å². The molecule has 4 rings (SSSR count). The summed E-state index contributed by atoms with van der Waals surface area (Å²) < 4.78 is 5.29. The summed E-state index contributed by atoms with van der Waals surface area (Å²) in [7, 11) is 0. The molecule has 0 bridgehead atoms. The van der Waals surface area contributed by atoms with Gasteiger partial charge in [-0.25, -0.2) is 4.98 Å². The Balaban J connectivity index is 1.75. The Bertz CT molecular complexity index is 1070. The molecule has 4 aromatic rings. The average molecular weight is 373 g/mol. The van der Waals surface area contributed by atoms with Gasteiger partial charge in [0.05, 0.1) is 16.6 Å². The number of hydrogen-bond acceptors (Lipinski definition) is 6. The first kappa shape index (κ1) is 17.8. The molecule has 0 saturated carbocycles. The first-order chi connectivity index (χ1) is 13.6. The van der Waals surface area contributed by atoms with Crippen molar-refractivity contribution >= 4 is 17.0 Å². The van der Waals surface area contributed by atoms with Crippen molar-refractivity contribution < 1.29 is 9.32 Å². The molecule has 0 aliphatic carbocycles. The van der Waals surface area contributed by atoms with Crippen LogP contribution in [0.5, 0.6) is 0 Å². The average Bonchev–Trinajstić information content (AvgIpc) is 3.08. The lowest BCUT2D eigenvalue weighted by Crippen LogP contribution is -2.30. The second kappa shape index (κ2) is 7.56. The summed E-state index contributed by atoms with van der Waals surface area (Å²) in [6.45, 7) is 4.53. The number of amides is 1. The molecule has 0 spiro atoms. The highest BCUT2D eigenvalue weighted by molar-refractivity contribution is 6.06. The lowest BCUT2D eigenvalue weighted by molar-refractivity contribution is 0.0731. The SMILES string of the molecule is Cc1cc(C(=O)N(Cc2ccncc2)Cc2cccnc2)c2c(C)noc2n1. The van der Waals surface area contributed by atoms with Crippen molar-refractivity contribution in [2.75, 3.05) is 0 Å². The molecular formula is C21H19N5O2. The summed E-state index contributed by atoms with van der Waals surface area (Å²) in [5.41, 5.74) is 4.23. The summed E-state index contributed by atoms with van der Waals surface area (Å²) in [6.07, 6.45) is 6.93. The fourth-order valence-corrected chi connectivity index (χ4v) is 3.18. The number of carbonyl (C=O) groups is 1. The van der Waals surface area contributed by atoms with Gasteiger partial charge in [-0.3, -0.25) is 14.8 Å². The van der Waals surface area contributed by atoms with Crippen molar-refractivity contribution in [3.63, 3.8) is 0 Å². The fourth-order valence-electron chi connectivity index (χ4n) is 3.18. The topological polar surface area (TPSA) is 85.0 Å².